The molecule has 5 nitrogen and oxygen atoms in total. The third-order valence-electron chi connectivity index (χ3n) is 2.55. The zero-order chi connectivity index (χ0) is 13.0. The van der Waals surface area contributed by atoms with Gasteiger partial charge in [0.1, 0.15) is 5.76 Å². The Bertz CT molecular complexity index is 549. The lowest BCUT2D eigenvalue weighted by atomic mass is 10.1. The van der Waals surface area contributed by atoms with Crippen LogP contribution in [0.5, 0.6) is 0 Å². The number of aryl methyl sites for hydroxylation is 1. The summed E-state index contributed by atoms with van der Waals surface area (Å²) in [6.45, 7) is 2.86. The molecule has 94 valence electrons. The predicted molar refractivity (Wildman–Crippen MR) is 65.2 cm³/mol. The van der Waals surface area contributed by atoms with Crippen molar-refractivity contribution in [2.45, 2.75) is 20.0 Å². The molecule has 0 atom stereocenters. The van der Waals surface area contributed by atoms with Crippen molar-refractivity contribution in [1.82, 2.24) is 10.5 Å². The SMILES string of the molecule is Cc1cc(CNCc2ccccc2C(=O)O)no1. The Morgan fingerprint density at radius 3 is 2.83 bits per heavy atom. The van der Waals surface area contributed by atoms with Crippen LogP contribution in [0.25, 0.3) is 0 Å². The van der Waals surface area contributed by atoms with E-state index < -0.39 is 5.97 Å². The Labute approximate surface area is 104 Å². The second kappa shape index (κ2) is 5.46. The molecule has 0 saturated heterocycles. The van der Waals surface area contributed by atoms with Gasteiger partial charge in [0.25, 0.3) is 0 Å². The van der Waals surface area contributed by atoms with E-state index in [1.807, 2.05) is 19.1 Å². The third-order valence-corrected chi connectivity index (χ3v) is 2.55. The summed E-state index contributed by atoms with van der Waals surface area (Å²) in [6.07, 6.45) is 0. The molecule has 1 aromatic carbocycles. The minimum atomic E-state index is -0.912. The van der Waals surface area contributed by atoms with E-state index in [-0.39, 0.29) is 0 Å². The number of nitrogens with one attached hydrogen (secondary N) is 1. The van der Waals surface area contributed by atoms with Crippen LogP contribution in [0.3, 0.4) is 0 Å². The van der Waals surface area contributed by atoms with Gasteiger partial charge in [-0.25, -0.2) is 4.79 Å². The Morgan fingerprint density at radius 1 is 1.39 bits per heavy atom. The first-order valence-electron chi connectivity index (χ1n) is 5.61. The van der Waals surface area contributed by atoms with Gasteiger partial charge in [-0.15, -0.1) is 0 Å². The molecule has 2 N–H and O–H groups in total. The van der Waals surface area contributed by atoms with Crippen molar-refractivity contribution in [1.29, 1.82) is 0 Å². The predicted octanol–water partition coefficient (Wildman–Crippen LogP) is 1.97. The number of carbonyl (C=O) groups is 1. The summed E-state index contributed by atoms with van der Waals surface area (Å²) in [7, 11) is 0. The number of carboxylic acid groups (broad SMARTS) is 1. The maximum Gasteiger partial charge on any atom is 0.336 e. The topological polar surface area (TPSA) is 75.4 Å². The first-order chi connectivity index (χ1) is 8.66. The molecule has 2 aromatic rings. The molecule has 0 amide bonds. The van der Waals surface area contributed by atoms with Crippen molar-refractivity contribution in [3.05, 3.63) is 52.9 Å². The van der Waals surface area contributed by atoms with Gasteiger partial charge < -0.3 is 14.9 Å². The first-order valence-corrected chi connectivity index (χ1v) is 5.61. The lowest BCUT2D eigenvalue weighted by molar-refractivity contribution is 0.0695. The average Bonchev–Trinajstić information content (AvgIpc) is 2.75. The molecule has 0 fully saturated rings. The second-order valence-corrected chi connectivity index (χ2v) is 3.99. The van der Waals surface area contributed by atoms with Crippen molar-refractivity contribution in [2.24, 2.45) is 0 Å². The van der Waals surface area contributed by atoms with Gasteiger partial charge in [0.2, 0.25) is 0 Å². The number of benzene rings is 1. The molecule has 1 heterocycles. The molecule has 18 heavy (non-hydrogen) atoms. The average molecular weight is 246 g/mol. The highest BCUT2D eigenvalue weighted by molar-refractivity contribution is 5.89. The number of hydrogen-bond donors (Lipinski definition) is 2. The van der Waals surface area contributed by atoms with E-state index in [1.54, 1.807) is 18.2 Å². The maximum absolute atomic E-state index is 11.0. The zero-order valence-electron chi connectivity index (χ0n) is 10.0. The van der Waals surface area contributed by atoms with Crippen LogP contribution in [0, 0.1) is 6.92 Å². The summed E-state index contributed by atoms with van der Waals surface area (Å²) >= 11 is 0. The highest BCUT2D eigenvalue weighted by Gasteiger charge is 2.08. The molecular formula is C13H14N2O3. The Kier molecular flexibility index (Phi) is 3.74. The number of aromatic nitrogens is 1. The first kappa shape index (κ1) is 12.3. The fourth-order valence-electron chi connectivity index (χ4n) is 1.71. The van der Waals surface area contributed by atoms with Crippen LogP contribution in [0.1, 0.15) is 27.4 Å². The quantitative estimate of drug-likeness (QED) is 0.843. The van der Waals surface area contributed by atoms with Crippen LogP contribution in [0.15, 0.2) is 34.9 Å². The van der Waals surface area contributed by atoms with Crippen LogP contribution >= 0.6 is 0 Å². The summed E-state index contributed by atoms with van der Waals surface area (Å²) < 4.78 is 4.95. The van der Waals surface area contributed by atoms with E-state index in [0.29, 0.717) is 18.7 Å². The van der Waals surface area contributed by atoms with Gasteiger partial charge in [0.05, 0.1) is 11.3 Å². The number of aromatic carboxylic acids is 1. The van der Waals surface area contributed by atoms with Gasteiger partial charge in [-0.1, -0.05) is 23.4 Å². The van der Waals surface area contributed by atoms with E-state index in [1.165, 1.54) is 0 Å². The summed E-state index contributed by atoms with van der Waals surface area (Å²) in [4.78, 5) is 11.0. The van der Waals surface area contributed by atoms with Gasteiger partial charge in [-0.3, -0.25) is 0 Å². The number of carboxylic acids is 1. The third kappa shape index (κ3) is 2.95. The fourth-order valence-corrected chi connectivity index (χ4v) is 1.71. The number of nitrogens with zero attached hydrogens (tertiary/aromatic N) is 1. The summed E-state index contributed by atoms with van der Waals surface area (Å²) in [5.41, 5.74) is 1.88. The summed E-state index contributed by atoms with van der Waals surface area (Å²) in [6, 6.07) is 8.78. The molecule has 0 radical (unpaired) electrons. The van der Waals surface area contributed by atoms with E-state index >= 15 is 0 Å². The second-order valence-electron chi connectivity index (χ2n) is 3.99. The fraction of sp³-hybridized carbons (Fsp3) is 0.231. The molecule has 0 bridgehead atoms. The van der Waals surface area contributed by atoms with Gasteiger partial charge in [0.15, 0.2) is 0 Å². The molecule has 0 spiro atoms. The van der Waals surface area contributed by atoms with Crippen LogP contribution in [-0.2, 0) is 13.1 Å². The van der Waals surface area contributed by atoms with Gasteiger partial charge in [0, 0.05) is 19.2 Å². The summed E-state index contributed by atoms with van der Waals surface area (Å²) in [5.74, 6) is -0.151. The molecule has 0 aliphatic carbocycles. The van der Waals surface area contributed by atoms with Crippen LogP contribution in [-0.4, -0.2) is 16.2 Å². The van der Waals surface area contributed by atoms with Crippen molar-refractivity contribution in [2.75, 3.05) is 0 Å². The zero-order valence-corrected chi connectivity index (χ0v) is 10.0. The monoisotopic (exact) mass is 246 g/mol. The van der Waals surface area contributed by atoms with Gasteiger partial charge in [-0.05, 0) is 18.6 Å². The van der Waals surface area contributed by atoms with E-state index in [9.17, 15) is 4.79 Å². The normalized spacial score (nSPS) is 10.5. The van der Waals surface area contributed by atoms with Crippen LogP contribution in [0.4, 0.5) is 0 Å². The lowest BCUT2D eigenvalue weighted by Gasteiger charge is -2.06. The van der Waals surface area contributed by atoms with Crippen molar-refractivity contribution >= 4 is 5.97 Å². The molecule has 1 aromatic heterocycles. The smallest absolute Gasteiger partial charge is 0.336 e. The minimum absolute atomic E-state index is 0.321. The standard InChI is InChI=1S/C13H14N2O3/c1-9-6-11(15-18-9)8-14-7-10-4-2-3-5-12(10)13(16)17/h2-6,14H,7-8H2,1H3,(H,16,17). The highest BCUT2D eigenvalue weighted by atomic mass is 16.5. The number of hydrogen-bond acceptors (Lipinski definition) is 4. The molecule has 0 unspecified atom stereocenters. The van der Waals surface area contributed by atoms with Gasteiger partial charge in [-0.2, -0.15) is 0 Å². The van der Waals surface area contributed by atoms with Crippen LogP contribution in [0.2, 0.25) is 0 Å². The summed E-state index contributed by atoms with van der Waals surface area (Å²) in [5, 5.41) is 16.0. The Hall–Kier alpha value is -2.14. The largest absolute Gasteiger partial charge is 0.478 e. The highest BCUT2D eigenvalue weighted by Crippen LogP contribution is 2.09. The Morgan fingerprint density at radius 2 is 2.17 bits per heavy atom. The minimum Gasteiger partial charge on any atom is -0.478 e. The molecule has 0 aliphatic rings. The number of rotatable bonds is 5. The van der Waals surface area contributed by atoms with Crippen molar-refractivity contribution in [3.8, 4) is 0 Å². The molecule has 2 rings (SSSR count). The van der Waals surface area contributed by atoms with E-state index in [2.05, 4.69) is 10.5 Å². The lowest BCUT2D eigenvalue weighted by Crippen LogP contribution is -2.15. The molecule has 5 heteroatoms. The van der Waals surface area contributed by atoms with Crippen molar-refractivity contribution < 1.29 is 14.4 Å². The molecular weight excluding hydrogens is 232 g/mol. The molecule has 0 saturated carbocycles. The maximum atomic E-state index is 11.0. The van der Waals surface area contributed by atoms with E-state index in [4.69, 9.17) is 9.63 Å². The Balaban J connectivity index is 1.96. The van der Waals surface area contributed by atoms with Gasteiger partial charge >= 0.3 is 5.97 Å². The van der Waals surface area contributed by atoms with Crippen molar-refractivity contribution in [3.63, 3.8) is 0 Å². The molecule has 0 aliphatic heterocycles. The van der Waals surface area contributed by atoms with Crippen LogP contribution < -0.4 is 5.32 Å². The van der Waals surface area contributed by atoms with E-state index in [0.717, 1.165) is 17.0 Å².